The van der Waals surface area contributed by atoms with E-state index in [1.807, 2.05) is 18.2 Å². The number of carbonyl (C=O) groups is 1. The van der Waals surface area contributed by atoms with Crippen molar-refractivity contribution < 1.29 is 18.7 Å². The van der Waals surface area contributed by atoms with Gasteiger partial charge in [-0.15, -0.1) is 0 Å². The molecule has 0 saturated carbocycles. The second kappa shape index (κ2) is 7.75. The molecule has 0 aliphatic carbocycles. The summed E-state index contributed by atoms with van der Waals surface area (Å²) in [5, 5.41) is 7.35. The Kier molecular flexibility index (Phi) is 4.94. The first-order valence-corrected chi connectivity index (χ1v) is 10.6. The number of carbonyl (C=O) groups excluding carboxylic acids is 1. The second-order valence-corrected chi connectivity index (χ2v) is 8.36. The van der Waals surface area contributed by atoms with Crippen molar-refractivity contribution in [2.75, 3.05) is 6.61 Å². The van der Waals surface area contributed by atoms with Crippen LogP contribution in [0.5, 0.6) is 11.6 Å². The van der Waals surface area contributed by atoms with Crippen molar-refractivity contribution in [1.29, 1.82) is 0 Å². The van der Waals surface area contributed by atoms with Crippen molar-refractivity contribution in [2.24, 2.45) is 0 Å². The van der Waals surface area contributed by atoms with Crippen molar-refractivity contribution >= 4 is 21.8 Å². The normalized spacial score (nSPS) is 19.8. The molecule has 30 heavy (non-hydrogen) atoms. The van der Waals surface area contributed by atoms with Gasteiger partial charge in [0.15, 0.2) is 5.69 Å². The molecule has 2 aliphatic rings. The van der Waals surface area contributed by atoms with E-state index in [4.69, 9.17) is 9.47 Å². The topological polar surface area (TPSA) is 65.4 Å². The standard InChI is InChI=1S/C22H19BrFN3O3/c23-14-5-6-19-13(9-14)10-15(12-29-19)25-22(28)18-11-21-27(26-18)8-7-20(30-21)16-3-1-2-4-17(16)24/h1-6,9,11,15,20H,7-8,10,12H2,(H,25,28)/t15-,20?/m1/s1. The summed E-state index contributed by atoms with van der Waals surface area (Å²) in [5.41, 5.74) is 1.83. The number of aryl methyl sites for hydroxylation is 1. The van der Waals surface area contributed by atoms with E-state index < -0.39 is 6.10 Å². The summed E-state index contributed by atoms with van der Waals surface area (Å²) in [6.45, 7) is 0.954. The number of benzene rings is 2. The lowest BCUT2D eigenvalue weighted by Gasteiger charge is -2.26. The van der Waals surface area contributed by atoms with E-state index in [0.29, 0.717) is 37.4 Å². The third kappa shape index (κ3) is 3.67. The molecule has 2 aliphatic heterocycles. The van der Waals surface area contributed by atoms with Crippen LogP contribution in [0, 0.1) is 5.82 Å². The third-order valence-electron chi connectivity index (χ3n) is 5.36. The van der Waals surface area contributed by atoms with Gasteiger partial charge >= 0.3 is 0 Å². The van der Waals surface area contributed by atoms with Crippen LogP contribution < -0.4 is 14.8 Å². The monoisotopic (exact) mass is 471 g/mol. The fourth-order valence-electron chi connectivity index (χ4n) is 3.88. The van der Waals surface area contributed by atoms with Crippen molar-refractivity contribution in [1.82, 2.24) is 15.1 Å². The summed E-state index contributed by atoms with van der Waals surface area (Å²) < 4.78 is 28.4. The molecule has 1 N–H and O–H groups in total. The number of hydrogen-bond donors (Lipinski definition) is 1. The minimum absolute atomic E-state index is 0.148. The van der Waals surface area contributed by atoms with E-state index in [1.165, 1.54) is 6.07 Å². The largest absolute Gasteiger partial charge is 0.491 e. The Balaban J connectivity index is 1.28. The molecule has 2 atom stereocenters. The lowest BCUT2D eigenvalue weighted by atomic mass is 10.0. The fraction of sp³-hybridized carbons (Fsp3) is 0.273. The van der Waals surface area contributed by atoms with Gasteiger partial charge in [-0.2, -0.15) is 5.10 Å². The van der Waals surface area contributed by atoms with E-state index in [-0.39, 0.29) is 23.5 Å². The van der Waals surface area contributed by atoms with Crippen LogP contribution in [-0.4, -0.2) is 28.3 Å². The summed E-state index contributed by atoms with van der Waals surface area (Å²) in [6.07, 6.45) is 0.867. The number of halogens is 2. The predicted molar refractivity (Wildman–Crippen MR) is 111 cm³/mol. The average Bonchev–Trinajstić information content (AvgIpc) is 3.17. The number of hydrogen-bond acceptors (Lipinski definition) is 4. The molecule has 0 radical (unpaired) electrons. The average molecular weight is 472 g/mol. The Labute approximate surface area is 181 Å². The molecule has 0 spiro atoms. The predicted octanol–water partition coefficient (Wildman–Crippen LogP) is 4.04. The molecule has 2 aromatic carbocycles. The van der Waals surface area contributed by atoms with Gasteiger partial charge in [0.2, 0.25) is 5.88 Å². The Bertz CT molecular complexity index is 1120. The molecule has 0 saturated heterocycles. The van der Waals surface area contributed by atoms with Crippen LogP contribution in [0.15, 0.2) is 53.0 Å². The number of rotatable bonds is 3. The minimum Gasteiger partial charge on any atom is -0.491 e. The van der Waals surface area contributed by atoms with Crippen LogP contribution >= 0.6 is 15.9 Å². The number of amides is 1. The van der Waals surface area contributed by atoms with E-state index in [2.05, 4.69) is 26.3 Å². The molecule has 154 valence electrons. The van der Waals surface area contributed by atoms with Gasteiger partial charge in [-0.25, -0.2) is 9.07 Å². The number of aromatic nitrogens is 2. The van der Waals surface area contributed by atoms with E-state index >= 15 is 0 Å². The zero-order valence-electron chi connectivity index (χ0n) is 16.0. The van der Waals surface area contributed by atoms with Crippen molar-refractivity contribution in [3.63, 3.8) is 0 Å². The highest BCUT2D eigenvalue weighted by molar-refractivity contribution is 9.10. The quantitative estimate of drug-likeness (QED) is 0.625. The van der Waals surface area contributed by atoms with Crippen LogP contribution in [0.3, 0.4) is 0 Å². The lowest BCUT2D eigenvalue weighted by molar-refractivity contribution is 0.0909. The van der Waals surface area contributed by atoms with E-state index in [9.17, 15) is 9.18 Å². The van der Waals surface area contributed by atoms with Crippen LogP contribution in [-0.2, 0) is 13.0 Å². The van der Waals surface area contributed by atoms with Crippen LogP contribution in [0.25, 0.3) is 0 Å². The lowest BCUT2D eigenvalue weighted by Crippen LogP contribution is -2.42. The van der Waals surface area contributed by atoms with Crippen molar-refractivity contribution in [3.05, 3.63) is 75.6 Å². The number of fused-ring (bicyclic) bond motifs is 2. The molecule has 1 aromatic heterocycles. The first kappa shape index (κ1) is 19.1. The number of nitrogens with one attached hydrogen (secondary N) is 1. The molecule has 3 aromatic rings. The molecule has 0 bridgehead atoms. The number of ether oxygens (including phenoxy) is 2. The maximum atomic E-state index is 14.1. The molecular weight excluding hydrogens is 453 g/mol. The Hall–Kier alpha value is -2.87. The van der Waals surface area contributed by atoms with Gasteiger partial charge in [-0.1, -0.05) is 34.1 Å². The molecule has 6 nitrogen and oxygen atoms in total. The molecule has 0 fully saturated rings. The van der Waals surface area contributed by atoms with Gasteiger partial charge < -0.3 is 14.8 Å². The van der Waals surface area contributed by atoms with Crippen LogP contribution in [0.2, 0.25) is 0 Å². The maximum absolute atomic E-state index is 14.1. The van der Waals surface area contributed by atoms with Gasteiger partial charge in [0.25, 0.3) is 5.91 Å². The first-order valence-electron chi connectivity index (χ1n) is 9.78. The number of nitrogens with zero attached hydrogens (tertiary/aromatic N) is 2. The van der Waals surface area contributed by atoms with Gasteiger partial charge in [0, 0.05) is 29.1 Å². The molecule has 5 rings (SSSR count). The Morgan fingerprint density at radius 3 is 2.97 bits per heavy atom. The maximum Gasteiger partial charge on any atom is 0.272 e. The van der Waals surface area contributed by atoms with E-state index in [0.717, 1.165) is 15.8 Å². The SMILES string of the molecule is O=C(N[C@H]1COc2ccc(Br)cc2C1)c1cc2n(n1)CCC(c1ccccc1F)O2. The molecule has 3 heterocycles. The second-order valence-electron chi connectivity index (χ2n) is 7.45. The summed E-state index contributed by atoms with van der Waals surface area (Å²) in [6, 6.07) is 13.9. The highest BCUT2D eigenvalue weighted by Crippen LogP contribution is 2.32. The van der Waals surface area contributed by atoms with Crippen molar-refractivity contribution in [3.8, 4) is 11.6 Å². The molecule has 1 amide bonds. The van der Waals surface area contributed by atoms with Crippen LogP contribution in [0.4, 0.5) is 4.39 Å². The third-order valence-corrected chi connectivity index (χ3v) is 5.85. The zero-order chi connectivity index (χ0) is 20.7. The van der Waals surface area contributed by atoms with Gasteiger partial charge in [0.05, 0.1) is 6.04 Å². The van der Waals surface area contributed by atoms with Crippen LogP contribution in [0.1, 0.15) is 34.1 Å². The molecular formula is C22H19BrFN3O3. The minimum atomic E-state index is -0.395. The highest BCUT2D eigenvalue weighted by Gasteiger charge is 2.28. The zero-order valence-corrected chi connectivity index (χ0v) is 17.6. The highest BCUT2D eigenvalue weighted by atomic mass is 79.9. The Morgan fingerprint density at radius 2 is 2.10 bits per heavy atom. The Morgan fingerprint density at radius 1 is 1.23 bits per heavy atom. The summed E-state index contributed by atoms with van der Waals surface area (Å²) in [5.74, 6) is 0.732. The summed E-state index contributed by atoms with van der Waals surface area (Å²) >= 11 is 3.46. The van der Waals surface area contributed by atoms with E-state index in [1.54, 1.807) is 28.9 Å². The smallest absolute Gasteiger partial charge is 0.272 e. The van der Waals surface area contributed by atoms with Gasteiger partial charge in [-0.3, -0.25) is 4.79 Å². The van der Waals surface area contributed by atoms with Gasteiger partial charge in [-0.05, 0) is 36.2 Å². The molecule has 8 heteroatoms. The van der Waals surface area contributed by atoms with Gasteiger partial charge in [0.1, 0.15) is 24.3 Å². The first-order chi connectivity index (χ1) is 14.6. The van der Waals surface area contributed by atoms with Crippen molar-refractivity contribution in [2.45, 2.75) is 31.5 Å². The summed E-state index contributed by atoms with van der Waals surface area (Å²) in [7, 11) is 0. The summed E-state index contributed by atoms with van der Waals surface area (Å²) in [4.78, 5) is 12.7. The molecule has 1 unspecified atom stereocenters. The fourth-order valence-corrected chi connectivity index (χ4v) is 4.29.